The van der Waals surface area contributed by atoms with Gasteiger partial charge >= 0.3 is 94.6 Å². The Labute approximate surface area is 839 Å². The van der Waals surface area contributed by atoms with Crippen LogP contribution in [0, 0.1) is 45.6 Å². The van der Waals surface area contributed by atoms with E-state index in [1.807, 2.05) is 57.2 Å². The van der Waals surface area contributed by atoms with Crippen molar-refractivity contribution >= 4 is 198 Å². The van der Waals surface area contributed by atoms with Crippen molar-refractivity contribution in [3.8, 4) is 56.4 Å². The number of hydrogen-bond acceptors (Lipinski definition) is 22. The zero-order valence-electron chi connectivity index (χ0n) is 69.9. The van der Waals surface area contributed by atoms with Crippen molar-refractivity contribution in [2.45, 2.75) is 57.6 Å². The summed E-state index contributed by atoms with van der Waals surface area (Å²) in [5, 5.41) is 47.2. The van der Waals surface area contributed by atoms with Crippen molar-refractivity contribution in [3.63, 3.8) is 0 Å². The van der Waals surface area contributed by atoms with Crippen LogP contribution in [-0.2, 0) is 10.1 Å². The first kappa shape index (κ1) is 101. The molecule has 128 heavy (non-hydrogen) atoms. The molecule has 6 aliphatic heterocycles. The number of fused-ring (bicyclic) bond motifs is 10. The molecule has 8 aliphatic rings. The number of phenolic OH excluding ortho intramolecular Hbond substituents is 1. The predicted octanol–water partition coefficient (Wildman–Crippen LogP) is 10.1. The fraction of sp³-hybridized carbons (Fsp3) is 0.137. The Morgan fingerprint density at radius 2 is 1.30 bits per heavy atom. The molecule has 0 spiro atoms. The number of carboxylic acids is 2. The van der Waals surface area contributed by atoms with Gasteiger partial charge in [0.1, 0.15) is 43.2 Å². The van der Waals surface area contributed by atoms with Crippen LogP contribution in [0.5, 0.6) is 11.5 Å². The van der Waals surface area contributed by atoms with Gasteiger partial charge in [-0.1, -0.05) is 125 Å². The number of nitrogens with two attached hydrogens (primary N) is 3. The number of aryl methyl sites for hydroxylation is 4. The largest absolute Gasteiger partial charge is 1.00 e. The minimum Gasteiger partial charge on any atom is -0.870 e. The summed E-state index contributed by atoms with van der Waals surface area (Å²) in [6.45, 7) is 14.1. The van der Waals surface area contributed by atoms with E-state index < -0.39 is 44.9 Å². The third-order valence-electron chi connectivity index (χ3n) is 22.6. The maximum atomic E-state index is 13.1. The van der Waals surface area contributed by atoms with E-state index in [4.69, 9.17) is 30.8 Å². The topological polar surface area (TPSA) is 419 Å². The first-order valence-electron chi connectivity index (χ1n) is 38.3. The van der Waals surface area contributed by atoms with E-state index in [9.17, 15) is 62.2 Å². The van der Waals surface area contributed by atoms with Crippen LogP contribution in [-0.4, -0.2) is 98.6 Å². The maximum Gasteiger partial charge on any atom is 1.00 e. The molecule has 636 valence electrons. The number of hydrogen-bond donors (Lipinski definition) is 6. The summed E-state index contributed by atoms with van der Waals surface area (Å²) in [4.78, 5) is 85.4. The number of methoxy groups -OCH3 is 1. The van der Waals surface area contributed by atoms with E-state index in [1.54, 1.807) is 98.2 Å². The van der Waals surface area contributed by atoms with Crippen LogP contribution >= 0.6 is 76.1 Å². The molecule has 12 aromatic rings. The van der Waals surface area contributed by atoms with Crippen molar-refractivity contribution in [2.24, 2.45) is 11.8 Å². The Kier molecular flexibility index (Phi) is 32.7. The van der Waals surface area contributed by atoms with E-state index in [-0.39, 0.29) is 172 Å². The zero-order chi connectivity index (χ0) is 87.6. The number of piperidine rings is 3. The van der Waals surface area contributed by atoms with Crippen LogP contribution in [0.3, 0.4) is 0 Å². The fourth-order valence-electron chi connectivity index (χ4n) is 16.3. The average molecular weight is 2040 g/mol. The molecule has 3 fully saturated rings. The number of benzene rings is 12. The SMILES string of the molecule is C=CC1CN2CCC1CC2[C@H](O)c1ccnc2ccc(OC)cc12.Cc1cc2c(C)c3cc(C)c(N)cc3nc2cc1N.Cc1ccc(N2C(=O)c3cccc4c(N)c(S(=O)(=O)[O-])cc(c34)C2=O)cc1.Cl.O=C(O)c1ccccc1-c1c2ccc(=O)cc-2oc2cc(O)ccc12.O=C([O-])c1ccccc1-c1c2cc(Br)c(=O)c(Br)c-2oc2c(Br)[c-]c(Br)cc12.[Na+].[Na+].[Na+].[OH-]. The first-order chi connectivity index (χ1) is 58.7. The summed E-state index contributed by atoms with van der Waals surface area (Å²) in [6.07, 6.45) is 5.62. The third kappa shape index (κ3) is 19.8. The Morgan fingerprint density at radius 1 is 0.672 bits per heavy atom. The second-order valence-electron chi connectivity index (χ2n) is 30.0. The number of nitrogen functional groups attached to an aromatic ring is 3. The zero-order valence-corrected chi connectivity index (χ0v) is 83.9. The first-order valence-corrected chi connectivity index (χ1v) is 42.9. The van der Waals surface area contributed by atoms with Crippen LogP contribution < -0.4 is 131 Å². The molecular weight excluding hydrogens is 1970 g/mol. The number of imide groups is 1. The maximum absolute atomic E-state index is 13.1. The molecule has 5 atom stereocenters. The number of aromatic nitrogens is 2. The normalized spacial score (nSPS) is 14.9. The predicted molar refractivity (Wildman–Crippen MR) is 497 cm³/mol. The fourth-order valence-corrected chi connectivity index (χ4v) is 19.4. The van der Waals surface area contributed by atoms with Crippen molar-refractivity contribution < 1.29 is 160 Å². The van der Waals surface area contributed by atoms with Crippen molar-refractivity contribution in [1.29, 1.82) is 0 Å². The van der Waals surface area contributed by atoms with Gasteiger partial charge in [-0.25, -0.2) is 23.1 Å². The van der Waals surface area contributed by atoms with Gasteiger partial charge in [-0.15, -0.1) is 25.1 Å². The number of ether oxygens (including phenoxy) is 1. The van der Waals surface area contributed by atoms with Crippen molar-refractivity contribution in [2.75, 3.05) is 42.3 Å². The van der Waals surface area contributed by atoms with Crippen molar-refractivity contribution in [3.05, 3.63) is 307 Å². The summed E-state index contributed by atoms with van der Waals surface area (Å²) in [7, 11) is -3.24. The monoisotopic (exact) mass is 2040 g/mol. The van der Waals surface area contributed by atoms with Crippen LogP contribution in [0.1, 0.15) is 88.2 Å². The second-order valence-corrected chi connectivity index (χ2v) is 34.6. The summed E-state index contributed by atoms with van der Waals surface area (Å²) in [6, 6.07) is 57.0. The van der Waals surface area contributed by atoms with Crippen LogP contribution in [0.4, 0.5) is 22.7 Å². The number of rotatable bonds is 10. The van der Waals surface area contributed by atoms with Crippen LogP contribution in [0.2, 0.25) is 0 Å². The van der Waals surface area contributed by atoms with Gasteiger partial charge in [0, 0.05) is 108 Å². The minimum atomic E-state index is -4.90. The van der Waals surface area contributed by atoms with Gasteiger partial charge in [0.05, 0.1) is 67.6 Å². The van der Waals surface area contributed by atoms with E-state index in [0.29, 0.717) is 97.8 Å². The molecule has 10 N–H and O–H groups in total. The Bertz CT molecular complexity index is 7250. The Balaban J connectivity index is 0.000000166. The molecule has 24 nitrogen and oxygen atoms in total. The smallest absolute Gasteiger partial charge is 0.870 e. The number of anilines is 4. The van der Waals surface area contributed by atoms with Gasteiger partial charge < -0.3 is 66.0 Å². The van der Waals surface area contributed by atoms with Gasteiger partial charge in [0.15, 0.2) is 5.43 Å². The molecule has 8 heterocycles. The number of carbonyl (C=O) groups is 4. The molecule has 2 aromatic heterocycles. The van der Waals surface area contributed by atoms with E-state index in [2.05, 4.69) is 116 Å². The number of aromatic hydroxyl groups is 1. The summed E-state index contributed by atoms with van der Waals surface area (Å²) in [5.74, 6) is -0.926. The number of aliphatic hydroxyl groups excluding tert-OH is 1. The Morgan fingerprint density at radius 3 is 1.91 bits per heavy atom. The van der Waals surface area contributed by atoms with Gasteiger partial charge in [-0.2, -0.15) is 6.07 Å². The number of aromatic carboxylic acids is 2. The molecule has 2 amide bonds. The van der Waals surface area contributed by atoms with Gasteiger partial charge in [-0.05, 0) is 239 Å². The molecule has 20 rings (SSSR count). The molecule has 4 unspecified atom stereocenters. The molecule has 0 radical (unpaired) electrons. The third-order valence-corrected chi connectivity index (χ3v) is 25.7. The molecule has 3 saturated heterocycles. The van der Waals surface area contributed by atoms with Gasteiger partial charge in [0.2, 0.25) is 5.43 Å². The summed E-state index contributed by atoms with van der Waals surface area (Å²) in [5.41, 5.74) is 31.6. The number of phenols is 1. The van der Waals surface area contributed by atoms with Gasteiger partial charge in [0.25, 0.3) is 11.8 Å². The molecule has 2 aliphatic carbocycles. The van der Waals surface area contributed by atoms with E-state index in [0.717, 1.165) is 103 Å². The molecule has 2 bridgehead atoms. The average Bonchev–Trinajstić information content (AvgIpc) is 0.705. The molecular formula is C95H74Br4ClN7Na3O17S-. The van der Waals surface area contributed by atoms with Crippen molar-refractivity contribution in [1.82, 2.24) is 14.9 Å². The molecule has 0 saturated carbocycles. The van der Waals surface area contributed by atoms with Crippen LogP contribution in [0.25, 0.3) is 110 Å². The number of halogens is 5. The number of aliphatic hydroxyl groups is 1. The van der Waals surface area contributed by atoms with E-state index in [1.165, 1.54) is 66.6 Å². The summed E-state index contributed by atoms with van der Waals surface area (Å²) >= 11 is 13.4. The Hall–Kier alpha value is -9.26. The minimum absolute atomic E-state index is 0. The number of pyridine rings is 2. The number of carboxylic acid groups (broad SMARTS) is 2. The standard InChI is InChI=1S/C20H7Br4O4.C20H24N2O2.C20H12O5.C19H14N2O5S.C16H17N3.ClH.3Na.H2O/c21-8-5-11-15(9-3-1-2-4-10(9)20(26)27)12-7-13(22)17(25)16(24)19(12)28-18(11)14(23)6-8;1-3-13-12-22-9-7-14(13)10-19(22)20(23)16-6-8-21-18-5-4-15(24-2)11-17(16)18;21-11-5-7-15-17(9-11)25-18-10-12(22)6-8-16(18)19(15)13-3-1-2-4-14(13)20(23)24;1-10-5-7-11(8-6-10)21-18(22)13-4-2-3-12-16(13)14(19(21)23)9-15(17(12)20)27(24,25)26;1-8-4-11-10(3)12-5-9(2)14(18)7-16(12)19-15(11)6-13(8)17;;;;;/h1-5,7H,(H,26,27);3-6,8,11,13-14,19-20,23H,1,7,9-10,12H2,2H3;1-10,21H,(H,23,24);2-9H,20H2,1H3,(H,24,25,26);4-7H,17-18H2,1-3H3;1H;;;;1H2/q-1;;;;;;3*+1;/p-3/t;13?,14?,19?,20-;;;;;;;;/m.1......../s1. The number of nitrogens with zero attached hydrogens (tertiary/aromatic N) is 4. The number of amides is 2. The second kappa shape index (κ2) is 41.5. The molecule has 33 heteroatoms. The van der Waals surface area contributed by atoms with Crippen LogP contribution in [0.15, 0.2) is 254 Å². The van der Waals surface area contributed by atoms with E-state index >= 15 is 0 Å². The number of carbonyl (C=O) groups excluding carboxylic acids is 3. The quantitative estimate of drug-likeness (QED) is 0.0141. The van der Waals surface area contributed by atoms with Gasteiger partial charge in [-0.3, -0.25) is 29.1 Å². The summed E-state index contributed by atoms with van der Waals surface area (Å²) < 4.78 is 53.7. The molecule has 10 aromatic carbocycles.